The third-order valence-electron chi connectivity index (χ3n) is 5.57. The van der Waals surface area contributed by atoms with Gasteiger partial charge in [0.25, 0.3) is 0 Å². The number of halogens is 4. The van der Waals surface area contributed by atoms with Crippen LogP contribution in [0.2, 0.25) is 0 Å². The third kappa shape index (κ3) is 5.51. The normalized spacial score (nSPS) is 18.9. The summed E-state index contributed by atoms with van der Waals surface area (Å²) in [7, 11) is 0. The van der Waals surface area contributed by atoms with Gasteiger partial charge in [-0.05, 0) is 36.8 Å². The number of nitrogens with one attached hydrogen (secondary N) is 1. The molecule has 1 aromatic carbocycles. The van der Waals surface area contributed by atoms with Gasteiger partial charge in [0.05, 0.1) is 24.9 Å². The largest absolute Gasteiger partial charge is 0.401 e. The van der Waals surface area contributed by atoms with Crippen LogP contribution in [0.25, 0.3) is 11.4 Å². The first kappa shape index (κ1) is 22.8. The summed E-state index contributed by atoms with van der Waals surface area (Å²) < 4.78 is 52.1. The molecule has 2 aromatic heterocycles. The van der Waals surface area contributed by atoms with E-state index in [1.807, 2.05) is 6.92 Å². The van der Waals surface area contributed by atoms with E-state index in [0.717, 1.165) is 18.0 Å². The fourth-order valence-electron chi connectivity index (χ4n) is 4.06. The van der Waals surface area contributed by atoms with Crippen LogP contribution in [-0.2, 0) is 4.79 Å². The van der Waals surface area contributed by atoms with Crippen LogP contribution in [-0.4, -0.2) is 51.6 Å². The number of hydrogen-bond acceptors (Lipinski definition) is 5. The van der Waals surface area contributed by atoms with E-state index in [2.05, 4.69) is 20.3 Å². The van der Waals surface area contributed by atoms with E-state index in [1.54, 1.807) is 42.6 Å². The Morgan fingerprint density at radius 3 is 2.55 bits per heavy atom. The summed E-state index contributed by atoms with van der Waals surface area (Å²) in [5, 5.41) is 2.81. The van der Waals surface area contributed by atoms with Gasteiger partial charge in [-0.3, -0.25) is 14.7 Å². The lowest BCUT2D eigenvalue weighted by molar-refractivity contribution is -0.144. The molecule has 3 heterocycles. The molecule has 0 bridgehead atoms. The Bertz CT molecular complexity index is 1120. The molecule has 1 amide bonds. The Balaban J connectivity index is 1.57. The molecule has 2 atom stereocenters. The number of amides is 1. The molecule has 1 fully saturated rings. The van der Waals surface area contributed by atoms with E-state index < -0.39 is 36.3 Å². The lowest BCUT2D eigenvalue weighted by Gasteiger charge is -2.18. The van der Waals surface area contributed by atoms with Gasteiger partial charge >= 0.3 is 6.18 Å². The van der Waals surface area contributed by atoms with E-state index in [0.29, 0.717) is 22.8 Å². The second kappa shape index (κ2) is 9.22. The van der Waals surface area contributed by atoms with Crippen molar-refractivity contribution < 1.29 is 22.4 Å². The molecule has 0 radical (unpaired) electrons. The number of carbonyl (C=O) groups is 1. The Morgan fingerprint density at radius 1 is 1.12 bits per heavy atom. The number of alkyl halides is 3. The second-order valence-corrected chi connectivity index (χ2v) is 8.02. The maximum atomic E-state index is 13.2. The summed E-state index contributed by atoms with van der Waals surface area (Å²) in [5.41, 5.74) is 2.46. The van der Waals surface area contributed by atoms with Crippen LogP contribution >= 0.6 is 0 Å². The van der Waals surface area contributed by atoms with E-state index >= 15 is 0 Å². The van der Waals surface area contributed by atoms with Crippen LogP contribution in [0.1, 0.15) is 17.2 Å². The Morgan fingerprint density at radius 2 is 1.88 bits per heavy atom. The fourth-order valence-corrected chi connectivity index (χ4v) is 4.06. The molecule has 1 aliphatic rings. The average molecular weight is 459 g/mol. The molecule has 172 valence electrons. The van der Waals surface area contributed by atoms with Crippen LogP contribution in [0.5, 0.6) is 0 Å². The molecule has 1 N–H and O–H groups in total. The van der Waals surface area contributed by atoms with Gasteiger partial charge in [0, 0.05) is 42.1 Å². The van der Waals surface area contributed by atoms with Crippen LogP contribution in [0.4, 0.5) is 23.2 Å². The number of pyridine rings is 1. The Kier molecular flexibility index (Phi) is 6.37. The average Bonchev–Trinajstić information content (AvgIpc) is 3.18. The molecular weight excluding hydrogens is 438 g/mol. The molecule has 0 saturated carbocycles. The van der Waals surface area contributed by atoms with Gasteiger partial charge in [0.15, 0.2) is 11.6 Å². The van der Waals surface area contributed by atoms with Crippen molar-refractivity contribution in [2.75, 3.05) is 25.0 Å². The van der Waals surface area contributed by atoms with Gasteiger partial charge < -0.3 is 5.32 Å². The van der Waals surface area contributed by atoms with Crippen LogP contribution in [0.3, 0.4) is 0 Å². The summed E-state index contributed by atoms with van der Waals surface area (Å²) in [5.74, 6) is -1.85. The quantitative estimate of drug-likeness (QED) is 0.579. The zero-order valence-electron chi connectivity index (χ0n) is 17.7. The summed E-state index contributed by atoms with van der Waals surface area (Å²) >= 11 is 0. The number of likely N-dealkylation sites (tertiary alicyclic amines) is 1. The molecule has 0 aliphatic carbocycles. The minimum Gasteiger partial charge on any atom is -0.326 e. The van der Waals surface area contributed by atoms with E-state index in [4.69, 9.17) is 0 Å². The summed E-state index contributed by atoms with van der Waals surface area (Å²) in [6.07, 6.45) is -0.691. The van der Waals surface area contributed by atoms with E-state index in [1.165, 1.54) is 4.90 Å². The van der Waals surface area contributed by atoms with Crippen molar-refractivity contribution in [2.24, 2.45) is 5.92 Å². The number of rotatable bonds is 5. The van der Waals surface area contributed by atoms with Crippen LogP contribution in [0, 0.1) is 18.7 Å². The molecule has 3 aromatic rings. The van der Waals surface area contributed by atoms with Crippen molar-refractivity contribution in [3.8, 4) is 11.4 Å². The highest BCUT2D eigenvalue weighted by Gasteiger charge is 2.43. The zero-order valence-corrected chi connectivity index (χ0v) is 17.7. The third-order valence-corrected chi connectivity index (χ3v) is 5.57. The first-order valence-electron chi connectivity index (χ1n) is 10.3. The molecule has 1 saturated heterocycles. The minimum atomic E-state index is -4.36. The van der Waals surface area contributed by atoms with Gasteiger partial charge in [-0.15, -0.1) is 0 Å². The van der Waals surface area contributed by atoms with Gasteiger partial charge in [0.2, 0.25) is 5.91 Å². The molecule has 6 nitrogen and oxygen atoms in total. The predicted octanol–water partition coefficient (Wildman–Crippen LogP) is 4.20. The van der Waals surface area contributed by atoms with Gasteiger partial charge in [-0.1, -0.05) is 12.1 Å². The number of nitrogens with zero attached hydrogens (tertiary/aromatic N) is 4. The Labute approximate surface area is 187 Å². The number of anilines is 1. The van der Waals surface area contributed by atoms with Crippen molar-refractivity contribution in [1.29, 1.82) is 0 Å². The molecule has 1 aliphatic heterocycles. The highest BCUT2D eigenvalue weighted by atomic mass is 19.4. The molecular formula is C23H21F4N5O. The van der Waals surface area contributed by atoms with Crippen molar-refractivity contribution >= 4 is 11.6 Å². The highest BCUT2D eigenvalue weighted by Crippen LogP contribution is 2.34. The van der Waals surface area contributed by atoms with Crippen molar-refractivity contribution in [1.82, 2.24) is 19.9 Å². The van der Waals surface area contributed by atoms with Crippen LogP contribution in [0.15, 0.2) is 55.0 Å². The Hall–Kier alpha value is -3.40. The maximum absolute atomic E-state index is 13.2. The monoisotopic (exact) mass is 459 g/mol. The lowest BCUT2D eigenvalue weighted by atomic mass is 9.91. The lowest BCUT2D eigenvalue weighted by Crippen LogP contribution is -2.34. The molecule has 10 heteroatoms. The maximum Gasteiger partial charge on any atom is 0.401 e. The molecule has 0 spiro atoms. The molecule has 33 heavy (non-hydrogen) atoms. The SMILES string of the molecule is Cc1ccc(NC(=O)[C@H]2CN(CC(F)(F)F)C[C@@H]2c2ccccn2)cc1-c1ncc(F)cn1. The standard InChI is InChI=1S/C23H21F4N5O/c1-14-5-6-16(8-17(14)21-29-9-15(24)10-30-21)31-22(33)19-12-32(13-23(25,26)27)11-18(19)20-4-2-3-7-28-20/h2-10,18-19H,11-13H2,1H3,(H,31,33)/t18-,19-/m0/s1. The van der Waals surface area contributed by atoms with Crippen LogP contribution < -0.4 is 5.32 Å². The van der Waals surface area contributed by atoms with Gasteiger partial charge in [0.1, 0.15) is 0 Å². The van der Waals surface area contributed by atoms with E-state index in [9.17, 15) is 22.4 Å². The number of benzene rings is 1. The number of aryl methyl sites for hydroxylation is 1. The fraction of sp³-hybridized carbons (Fsp3) is 0.304. The second-order valence-electron chi connectivity index (χ2n) is 8.02. The highest BCUT2D eigenvalue weighted by molar-refractivity contribution is 5.94. The smallest absolute Gasteiger partial charge is 0.326 e. The summed E-state index contributed by atoms with van der Waals surface area (Å²) in [6, 6.07) is 10.3. The van der Waals surface area contributed by atoms with Gasteiger partial charge in [-0.25, -0.2) is 14.4 Å². The molecule has 4 rings (SSSR count). The van der Waals surface area contributed by atoms with Crippen molar-refractivity contribution in [3.63, 3.8) is 0 Å². The summed E-state index contributed by atoms with van der Waals surface area (Å²) in [4.78, 5) is 26.6. The number of hydrogen-bond donors (Lipinski definition) is 1. The predicted molar refractivity (Wildman–Crippen MR) is 114 cm³/mol. The first-order valence-corrected chi connectivity index (χ1v) is 10.3. The van der Waals surface area contributed by atoms with Crippen molar-refractivity contribution in [2.45, 2.75) is 19.0 Å². The van der Waals surface area contributed by atoms with Gasteiger partial charge in [-0.2, -0.15) is 13.2 Å². The topological polar surface area (TPSA) is 71.0 Å². The zero-order chi connectivity index (χ0) is 23.6. The number of carbonyl (C=O) groups excluding carboxylic acids is 1. The number of aromatic nitrogens is 3. The van der Waals surface area contributed by atoms with Crippen molar-refractivity contribution in [3.05, 3.63) is 72.1 Å². The van der Waals surface area contributed by atoms with E-state index in [-0.39, 0.29) is 13.1 Å². The first-order chi connectivity index (χ1) is 15.7. The minimum absolute atomic E-state index is 0.0353. The molecule has 0 unspecified atom stereocenters. The summed E-state index contributed by atoms with van der Waals surface area (Å²) in [6.45, 7) is 0.789.